The molecule has 0 saturated heterocycles. The smallest absolute Gasteiger partial charge is 0.311 e. The monoisotopic (exact) mass is 374 g/mol. The molecule has 0 radical (unpaired) electrons. The quantitative estimate of drug-likeness (QED) is 0.433. The minimum atomic E-state index is -0.903. The van der Waals surface area contributed by atoms with Crippen LogP contribution in [0.5, 0.6) is 5.75 Å². The summed E-state index contributed by atoms with van der Waals surface area (Å²) in [5, 5.41) is 9.76. The fraction of sp³-hybridized carbons (Fsp3) is 0.524. The number of hydrogen-bond acceptors (Lipinski definition) is 4. The van der Waals surface area contributed by atoms with Crippen LogP contribution in [-0.2, 0) is 16.0 Å². The number of rotatable bonds is 12. The molecular formula is C21H30N2O4. The van der Waals surface area contributed by atoms with E-state index in [1.165, 1.54) is 5.56 Å². The van der Waals surface area contributed by atoms with Crippen LogP contribution < -0.4 is 4.74 Å². The van der Waals surface area contributed by atoms with Gasteiger partial charge in [0, 0.05) is 42.6 Å². The molecule has 0 aliphatic rings. The number of aromatic amines is 1. The summed E-state index contributed by atoms with van der Waals surface area (Å²) >= 11 is 0. The van der Waals surface area contributed by atoms with Crippen LogP contribution in [0.3, 0.4) is 0 Å². The van der Waals surface area contributed by atoms with Crippen LogP contribution in [0.25, 0.3) is 10.9 Å². The molecule has 148 valence electrons. The zero-order valence-corrected chi connectivity index (χ0v) is 16.3. The number of hydrogen-bond donors (Lipinski definition) is 2. The van der Waals surface area contributed by atoms with Crippen LogP contribution in [0.15, 0.2) is 24.4 Å². The minimum Gasteiger partial charge on any atom is -0.481 e. The van der Waals surface area contributed by atoms with Crippen molar-refractivity contribution in [3.63, 3.8) is 0 Å². The molecular weight excluding hydrogens is 344 g/mol. The third-order valence-electron chi connectivity index (χ3n) is 4.52. The second kappa shape index (κ2) is 10.7. The highest BCUT2D eigenvalue weighted by Gasteiger charge is 2.10. The largest absolute Gasteiger partial charge is 0.481 e. The summed E-state index contributed by atoms with van der Waals surface area (Å²) in [6, 6.07) is 5.60. The van der Waals surface area contributed by atoms with Crippen LogP contribution in [0.2, 0.25) is 0 Å². The molecule has 1 aromatic carbocycles. The average Bonchev–Trinajstić information content (AvgIpc) is 3.02. The Morgan fingerprint density at radius 2 is 1.85 bits per heavy atom. The van der Waals surface area contributed by atoms with Gasteiger partial charge in [-0.3, -0.25) is 9.59 Å². The van der Waals surface area contributed by atoms with Crippen LogP contribution in [0.4, 0.5) is 0 Å². The van der Waals surface area contributed by atoms with Gasteiger partial charge in [0.2, 0.25) is 0 Å². The summed E-state index contributed by atoms with van der Waals surface area (Å²) in [5.41, 5.74) is 2.21. The molecule has 6 nitrogen and oxygen atoms in total. The lowest BCUT2D eigenvalue weighted by Crippen LogP contribution is -2.27. The second-order valence-corrected chi connectivity index (χ2v) is 6.83. The van der Waals surface area contributed by atoms with Crippen LogP contribution in [0, 0.1) is 0 Å². The molecule has 0 bridgehead atoms. The molecule has 0 saturated carbocycles. The van der Waals surface area contributed by atoms with Gasteiger partial charge in [-0.15, -0.1) is 0 Å². The van der Waals surface area contributed by atoms with Gasteiger partial charge in [0.25, 0.3) is 0 Å². The first-order valence-corrected chi connectivity index (χ1v) is 9.78. The lowest BCUT2D eigenvalue weighted by atomic mass is 10.1. The molecule has 0 fully saturated rings. The molecule has 27 heavy (non-hydrogen) atoms. The summed E-state index contributed by atoms with van der Waals surface area (Å²) in [6.45, 7) is 7.70. The van der Waals surface area contributed by atoms with E-state index in [0.29, 0.717) is 5.75 Å². The fourth-order valence-corrected chi connectivity index (χ4v) is 3.25. The van der Waals surface area contributed by atoms with Crippen LogP contribution >= 0.6 is 0 Å². The van der Waals surface area contributed by atoms with Gasteiger partial charge >= 0.3 is 11.9 Å². The number of fused-ring (bicyclic) bond motifs is 1. The summed E-state index contributed by atoms with van der Waals surface area (Å²) in [6.07, 6.45) is 5.69. The number of carbonyl (C=O) groups is 2. The SMILES string of the molecule is CCCN(CCC)CCc1c[nH]c2cc(OC(=O)CCCC(=O)O)ccc12. The minimum absolute atomic E-state index is 0.0266. The molecule has 0 aliphatic heterocycles. The van der Waals surface area contributed by atoms with Gasteiger partial charge in [-0.1, -0.05) is 13.8 Å². The summed E-state index contributed by atoms with van der Waals surface area (Å²) < 4.78 is 5.32. The number of nitrogens with zero attached hydrogens (tertiary/aromatic N) is 1. The fourth-order valence-electron chi connectivity index (χ4n) is 3.25. The van der Waals surface area contributed by atoms with E-state index in [9.17, 15) is 9.59 Å². The van der Waals surface area contributed by atoms with Gasteiger partial charge in [0.15, 0.2) is 0 Å². The Hall–Kier alpha value is -2.34. The van der Waals surface area contributed by atoms with E-state index < -0.39 is 11.9 Å². The number of carbonyl (C=O) groups excluding carboxylic acids is 1. The Kier molecular flexibility index (Phi) is 8.33. The Morgan fingerprint density at radius 1 is 1.11 bits per heavy atom. The lowest BCUT2D eigenvalue weighted by molar-refractivity contribution is -0.137. The maximum absolute atomic E-state index is 11.8. The van der Waals surface area contributed by atoms with Crippen molar-refractivity contribution in [1.29, 1.82) is 0 Å². The van der Waals surface area contributed by atoms with Crippen LogP contribution in [0.1, 0.15) is 51.5 Å². The second-order valence-electron chi connectivity index (χ2n) is 6.83. The summed E-state index contributed by atoms with van der Waals surface area (Å²) in [4.78, 5) is 28.1. The molecule has 0 amide bonds. The molecule has 0 aliphatic carbocycles. The molecule has 1 aromatic heterocycles. The van der Waals surface area contributed by atoms with E-state index in [1.807, 2.05) is 18.3 Å². The predicted molar refractivity (Wildman–Crippen MR) is 106 cm³/mol. The molecule has 2 rings (SSSR count). The molecule has 2 aromatic rings. The Labute approximate surface area is 160 Å². The number of benzene rings is 1. The van der Waals surface area contributed by atoms with Gasteiger partial charge in [-0.25, -0.2) is 0 Å². The average molecular weight is 374 g/mol. The van der Waals surface area contributed by atoms with Gasteiger partial charge in [0.05, 0.1) is 0 Å². The van der Waals surface area contributed by atoms with E-state index in [1.54, 1.807) is 6.07 Å². The lowest BCUT2D eigenvalue weighted by Gasteiger charge is -2.20. The number of nitrogens with one attached hydrogen (secondary N) is 1. The van der Waals surface area contributed by atoms with Crippen molar-refractivity contribution in [3.05, 3.63) is 30.0 Å². The van der Waals surface area contributed by atoms with E-state index in [-0.39, 0.29) is 19.3 Å². The number of carboxylic acid groups (broad SMARTS) is 1. The maximum atomic E-state index is 11.8. The van der Waals surface area contributed by atoms with E-state index in [0.717, 1.165) is 49.8 Å². The first-order valence-electron chi connectivity index (χ1n) is 9.78. The first-order chi connectivity index (χ1) is 13.0. The topological polar surface area (TPSA) is 82.6 Å². The van der Waals surface area contributed by atoms with Gasteiger partial charge < -0.3 is 19.7 Å². The number of esters is 1. The van der Waals surface area contributed by atoms with Crippen molar-refractivity contribution in [2.75, 3.05) is 19.6 Å². The van der Waals surface area contributed by atoms with Crippen molar-refractivity contribution >= 4 is 22.8 Å². The zero-order valence-electron chi connectivity index (χ0n) is 16.3. The van der Waals surface area contributed by atoms with E-state index >= 15 is 0 Å². The third-order valence-corrected chi connectivity index (χ3v) is 4.52. The highest BCUT2D eigenvalue weighted by atomic mass is 16.5. The number of aromatic nitrogens is 1. The summed E-state index contributed by atoms with van der Waals surface area (Å²) in [7, 11) is 0. The number of aliphatic carboxylic acids is 1. The zero-order chi connectivity index (χ0) is 19.6. The first kappa shape index (κ1) is 21.0. The van der Waals surface area contributed by atoms with Gasteiger partial charge in [-0.2, -0.15) is 0 Å². The van der Waals surface area contributed by atoms with Crippen LogP contribution in [-0.4, -0.2) is 46.6 Å². The number of H-pyrrole nitrogens is 1. The van der Waals surface area contributed by atoms with E-state index in [2.05, 4.69) is 23.7 Å². The Balaban J connectivity index is 1.95. The molecule has 0 unspecified atom stereocenters. The van der Waals surface area contributed by atoms with Gasteiger partial charge in [0.1, 0.15) is 5.75 Å². The standard InChI is InChI=1S/C21H30N2O4/c1-3-11-23(12-4-2)13-10-16-15-22-19-14-17(8-9-18(16)19)27-21(26)7-5-6-20(24)25/h8-9,14-15,22H,3-7,10-13H2,1-2H3,(H,24,25). The predicted octanol–water partition coefficient (Wildman–Crippen LogP) is 3.99. The highest BCUT2D eigenvalue weighted by Crippen LogP contribution is 2.24. The van der Waals surface area contributed by atoms with E-state index in [4.69, 9.17) is 9.84 Å². The third kappa shape index (κ3) is 6.71. The molecule has 2 N–H and O–H groups in total. The van der Waals surface area contributed by atoms with Crippen molar-refractivity contribution in [2.24, 2.45) is 0 Å². The Morgan fingerprint density at radius 3 is 2.52 bits per heavy atom. The van der Waals surface area contributed by atoms with Gasteiger partial charge in [-0.05, 0) is 56.5 Å². The highest BCUT2D eigenvalue weighted by molar-refractivity contribution is 5.85. The molecule has 6 heteroatoms. The van der Waals surface area contributed by atoms with Crippen molar-refractivity contribution in [1.82, 2.24) is 9.88 Å². The number of carboxylic acids is 1. The molecule has 0 spiro atoms. The Bertz CT molecular complexity index is 748. The van der Waals surface area contributed by atoms with Crippen molar-refractivity contribution in [2.45, 2.75) is 52.4 Å². The molecule has 0 atom stereocenters. The van der Waals surface area contributed by atoms with Crippen molar-refractivity contribution < 1.29 is 19.4 Å². The maximum Gasteiger partial charge on any atom is 0.311 e. The normalized spacial score (nSPS) is 11.2. The summed E-state index contributed by atoms with van der Waals surface area (Å²) in [5.74, 6) is -0.827. The number of ether oxygens (including phenoxy) is 1. The van der Waals surface area contributed by atoms with Crippen molar-refractivity contribution in [3.8, 4) is 5.75 Å². The molecule has 1 heterocycles.